The first-order chi connectivity index (χ1) is 7.06. The predicted molar refractivity (Wildman–Crippen MR) is 53.3 cm³/mol. The summed E-state index contributed by atoms with van der Waals surface area (Å²) in [6, 6.07) is 2.48. The molecule has 0 unspecified atom stereocenters. The summed E-state index contributed by atoms with van der Waals surface area (Å²) in [7, 11) is 1.20. The number of hydrogen-bond donors (Lipinski definition) is 0. The van der Waals surface area contributed by atoms with Gasteiger partial charge in [-0.05, 0) is 24.5 Å². The number of nitrogens with zero attached hydrogens (tertiary/aromatic N) is 1. The Labute approximate surface area is 87.0 Å². The zero-order valence-corrected chi connectivity index (χ0v) is 8.88. The van der Waals surface area contributed by atoms with Crippen molar-refractivity contribution in [1.29, 1.82) is 0 Å². The van der Waals surface area contributed by atoms with Crippen LogP contribution in [0.1, 0.15) is 18.1 Å². The van der Waals surface area contributed by atoms with Crippen molar-refractivity contribution >= 4 is 0 Å². The van der Waals surface area contributed by atoms with Crippen LogP contribution in [-0.4, -0.2) is 7.11 Å². The van der Waals surface area contributed by atoms with E-state index in [1.54, 1.807) is 13.0 Å². The molecule has 0 bridgehead atoms. The number of hydrogen-bond acceptors (Lipinski definition) is 3. The zero-order valence-electron chi connectivity index (χ0n) is 8.88. The minimum absolute atomic E-state index is 0.449. The van der Waals surface area contributed by atoms with Crippen LogP contribution in [0.3, 0.4) is 0 Å². The lowest BCUT2D eigenvalue weighted by Gasteiger charge is -2.01. The first kappa shape index (κ1) is 13.5. The van der Waals surface area contributed by atoms with Gasteiger partial charge in [0.2, 0.25) is 0 Å². The summed E-state index contributed by atoms with van der Waals surface area (Å²) in [5.74, 6) is -0.921. The van der Waals surface area contributed by atoms with Crippen molar-refractivity contribution in [3.05, 3.63) is 39.8 Å². The van der Waals surface area contributed by atoms with Gasteiger partial charge >= 0.3 is 0 Å². The van der Waals surface area contributed by atoms with Crippen molar-refractivity contribution in [3.63, 3.8) is 0 Å². The second kappa shape index (κ2) is 6.86. The second-order valence-corrected chi connectivity index (χ2v) is 2.80. The first-order valence-corrected chi connectivity index (χ1v) is 4.37. The van der Waals surface area contributed by atoms with Crippen molar-refractivity contribution in [1.82, 2.24) is 0 Å². The van der Waals surface area contributed by atoms with Crippen molar-refractivity contribution in [2.75, 3.05) is 7.11 Å². The van der Waals surface area contributed by atoms with Crippen molar-refractivity contribution < 1.29 is 13.6 Å². The standard InChI is InChI=1S/C9H10F2.CH3NO2/c1-3-7-4-6(2)8(10)5-9(7)11;1-4-2-3/h4-5H,3H2,1-2H3;1H3. The summed E-state index contributed by atoms with van der Waals surface area (Å²) in [6.07, 6.45) is 0.604. The van der Waals surface area contributed by atoms with Gasteiger partial charge in [0, 0.05) is 6.07 Å². The molecular formula is C10H13F2NO2. The summed E-state index contributed by atoms with van der Waals surface area (Å²) in [6.45, 7) is 3.48. The highest BCUT2D eigenvalue weighted by molar-refractivity contribution is 5.25. The van der Waals surface area contributed by atoms with Crippen molar-refractivity contribution in [3.8, 4) is 0 Å². The van der Waals surface area contributed by atoms with Crippen molar-refractivity contribution in [2.24, 2.45) is 5.34 Å². The first-order valence-electron chi connectivity index (χ1n) is 4.37. The van der Waals surface area contributed by atoms with Crippen LogP contribution < -0.4 is 0 Å². The predicted octanol–water partition coefficient (Wildman–Crippen LogP) is 3.15. The minimum Gasteiger partial charge on any atom is -0.367 e. The lowest BCUT2D eigenvalue weighted by molar-refractivity contribution is 0.208. The Kier molecular flexibility index (Phi) is 6.17. The Hall–Kier alpha value is -1.52. The summed E-state index contributed by atoms with van der Waals surface area (Å²) >= 11 is 0. The topological polar surface area (TPSA) is 38.7 Å². The Balaban J connectivity index is 0.000000423. The van der Waals surface area contributed by atoms with E-state index in [4.69, 9.17) is 4.91 Å². The van der Waals surface area contributed by atoms with Crippen LogP contribution in [0.25, 0.3) is 0 Å². The van der Waals surface area contributed by atoms with Gasteiger partial charge in [-0.1, -0.05) is 13.0 Å². The Bertz CT molecular complexity index is 329. The van der Waals surface area contributed by atoms with Crippen LogP contribution in [0.15, 0.2) is 17.5 Å². The van der Waals surface area contributed by atoms with Crippen LogP contribution in [0.2, 0.25) is 0 Å². The van der Waals surface area contributed by atoms with E-state index in [9.17, 15) is 8.78 Å². The summed E-state index contributed by atoms with van der Waals surface area (Å²) in [5, 5.41) is 1.99. The second-order valence-electron chi connectivity index (χ2n) is 2.80. The van der Waals surface area contributed by atoms with E-state index in [0.29, 0.717) is 17.5 Å². The van der Waals surface area contributed by atoms with Crippen LogP contribution in [-0.2, 0) is 11.3 Å². The molecule has 0 fully saturated rings. The molecule has 0 heterocycles. The number of rotatable bonds is 2. The van der Waals surface area contributed by atoms with Crippen LogP contribution in [0, 0.1) is 23.5 Å². The number of aryl methyl sites for hydroxylation is 2. The van der Waals surface area contributed by atoms with Crippen LogP contribution >= 0.6 is 0 Å². The smallest absolute Gasteiger partial charge is 0.154 e. The fraction of sp³-hybridized carbons (Fsp3) is 0.400. The third kappa shape index (κ3) is 4.49. The molecular weight excluding hydrogens is 204 g/mol. The molecule has 0 saturated heterocycles. The van der Waals surface area contributed by atoms with E-state index in [1.807, 2.05) is 12.3 Å². The quantitative estimate of drug-likeness (QED) is 0.563. The average Bonchev–Trinajstić information content (AvgIpc) is 2.24. The average molecular weight is 217 g/mol. The number of benzene rings is 1. The minimum atomic E-state index is -0.472. The van der Waals surface area contributed by atoms with Gasteiger partial charge in [0.1, 0.15) is 18.7 Å². The fourth-order valence-electron chi connectivity index (χ4n) is 0.988. The normalized spacial score (nSPS) is 8.87. The maximum Gasteiger partial charge on any atom is 0.154 e. The molecule has 0 N–H and O–H groups in total. The summed E-state index contributed by atoms with van der Waals surface area (Å²) in [4.78, 5) is 12.3. The Morgan fingerprint density at radius 1 is 1.33 bits per heavy atom. The molecule has 0 aliphatic rings. The molecule has 0 radical (unpaired) electrons. The van der Waals surface area contributed by atoms with Gasteiger partial charge in [-0.25, -0.2) is 8.78 Å². The number of halogens is 2. The molecule has 0 saturated carbocycles. The van der Waals surface area contributed by atoms with E-state index in [-0.39, 0.29) is 0 Å². The molecule has 1 rings (SSSR count). The molecule has 1 aromatic carbocycles. The molecule has 0 atom stereocenters. The maximum absolute atomic E-state index is 12.8. The monoisotopic (exact) mass is 217 g/mol. The van der Waals surface area contributed by atoms with Crippen LogP contribution in [0.5, 0.6) is 0 Å². The van der Waals surface area contributed by atoms with E-state index in [1.165, 1.54) is 7.11 Å². The lowest BCUT2D eigenvalue weighted by atomic mass is 10.1. The van der Waals surface area contributed by atoms with E-state index in [2.05, 4.69) is 4.84 Å². The highest BCUT2D eigenvalue weighted by atomic mass is 19.1. The van der Waals surface area contributed by atoms with Gasteiger partial charge in [-0.15, -0.1) is 4.91 Å². The Morgan fingerprint density at radius 2 is 1.87 bits per heavy atom. The molecule has 0 aromatic heterocycles. The zero-order chi connectivity index (χ0) is 11.8. The van der Waals surface area contributed by atoms with E-state index in [0.717, 1.165) is 6.07 Å². The molecule has 0 spiro atoms. The largest absolute Gasteiger partial charge is 0.367 e. The molecule has 15 heavy (non-hydrogen) atoms. The van der Waals surface area contributed by atoms with Gasteiger partial charge in [-0.2, -0.15) is 0 Å². The maximum atomic E-state index is 12.8. The highest BCUT2D eigenvalue weighted by Gasteiger charge is 2.04. The van der Waals surface area contributed by atoms with E-state index < -0.39 is 11.6 Å². The highest BCUT2D eigenvalue weighted by Crippen LogP contribution is 2.14. The van der Waals surface area contributed by atoms with Gasteiger partial charge in [0.05, 0.1) is 0 Å². The van der Waals surface area contributed by atoms with Gasteiger partial charge < -0.3 is 4.84 Å². The van der Waals surface area contributed by atoms with Crippen LogP contribution in [0.4, 0.5) is 8.78 Å². The molecule has 84 valence electrons. The van der Waals surface area contributed by atoms with Gasteiger partial charge in [0.25, 0.3) is 0 Å². The van der Waals surface area contributed by atoms with Gasteiger partial charge in [-0.3, -0.25) is 0 Å². The van der Waals surface area contributed by atoms with Crippen molar-refractivity contribution in [2.45, 2.75) is 20.3 Å². The van der Waals surface area contributed by atoms with E-state index >= 15 is 0 Å². The molecule has 0 aliphatic carbocycles. The summed E-state index contributed by atoms with van der Waals surface area (Å²) in [5.41, 5.74) is 1.08. The third-order valence-corrected chi connectivity index (χ3v) is 1.78. The SMILES string of the molecule is CCc1cc(C)c(F)cc1F.CON=O. The molecule has 0 aliphatic heterocycles. The molecule has 1 aromatic rings. The third-order valence-electron chi connectivity index (χ3n) is 1.78. The fourth-order valence-corrected chi connectivity index (χ4v) is 0.988. The molecule has 3 nitrogen and oxygen atoms in total. The van der Waals surface area contributed by atoms with Gasteiger partial charge in [0.15, 0.2) is 5.34 Å². The molecule has 5 heteroatoms. The molecule has 0 amide bonds. The Morgan fingerprint density at radius 3 is 2.27 bits per heavy atom. The lowest BCUT2D eigenvalue weighted by Crippen LogP contribution is -1.92. The summed E-state index contributed by atoms with van der Waals surface area (Å²) < 4.78 is 25.4.